The monoisotopic (exact) mass is 253 g/mol. The van der Waals surface area contributed by atoms with E-state index in [-0.39, 0.29) is 5.91 Å². The predicted molar refractivity (Wildman–Crippen MR) is 73.3 cm³/mol. The Balaban J connectivity index is 1.98. The van der Waals surface area contributed by atoms with E-state index in [1.54, 1.807) is 0 Å². The van der Waals surface area contributed by atoms with Crippen molar-refractivity contribution in [3.63, 3.8) is 0 Å². The van der Waals surface area contributed by atoms with E-state index in [1.165, 1.54) is 25.7 Å². The van der Waals surface area contributed by atoms with Gasteiger partial charge in [-0.2, -0.15) is 0 Å². The zero-order valence-electron chi connectivity index (χ0n) is 11.7. The Morgan fingerprint density at radius 2 is 1.83 bits per heavy atom. The van der Waals surface area contributed by atoms with Crippen LogP contribution in [0.1, 0.15) is 52.4 Å². The Hall–Kier alpha value is -0.610. The van der Waals surface area contributed by atoms with Crippen LogP contribution in [0, 0.1) is 0 Å². The summed E-state index contributed by atoms with van der Waals surface area (Å²) in [6.07, 6.45) is 6.68. The molecule has 0 aromatic heterocycles. The Bertz CT molecular complexity index is 289. The lowest BCUT2D eigenvalue weighted by Gasteiger charge is -2.43. The highest BCUT2D eigenvalue weighted by molar-refractivity contribution is 5.84. The van der Waals surface area contributed by atoms with Gasteiger partial charge in [-0.15, -0.1) is 0 Å². The maximum Gasteiger partial charge on any atom is 0.237 e. The van der Waals surface area contributed by atoms with E-state index in [0.717, 1.165) is 25.9 Å². The first-order chi connectivity index (χ1) is 8.53. The molecule has 0 bridgehead atoms. The van der Waals surface area contributed by atoms with Gasteiger partial charge in [-0.25, -0.2) is 0 Å². The molecule has 0 spiro atoms. The van der Waals surface area contributed by atoms with Gasteiger partial charge in [0.1, 0.15) is 5.54 Å². The van der Waals surface area contributed by atoms with E-state index in [0.29, 0.717) is 12.1 Å². The first-order valence-electron chi connectivity index (χ1n) is 7.35. The number of hydrogen-bond acceptors (Lipinski definition) is 3. The second-order valence-electron chi connectivity index (χ2n) is 6.20. The van der Waals surface area contributed by atoms with Crippen molar-refractivity contribution in [1.82, 2.24) is 10.2 Å². The van der Waals surface area contributed by atoms with Gasteiger partial charge in [-0.05, 0) is 39.5 Å². The van der Waals surface area contributed by atoms with E-state index in [4.69, 9.17) is 5.73 Å². The molecule has 2 aliphatic rings. The minimum atomic E-state index is -0.444. The topological polar surface area (TPSA) is 58.4 Å². The summed E-state index contributed by atoms with van der Waals surface area (Å²) in [5, 5.41) is 3.59. The minimum absolute atomic E-state index is 0.155. The van der Waals surface area contributed by atoms with Crippen molar-refractivity contribution in [1.29, 1.82) is 0 Å². The van der Waals surface area contributed by atoms with Gasteiger partial charge in [-0.1, -0.05) is 12.8 Å². The minimum Gasteiger partial charge on any atom is -0.368 e. The largest absolute Gasteiger partial charge is 0.368 e. The summed E-state index contributed by atoms with van der Waals surface area (Å²) < 4.78 is 0. The number of hydrogen-bond donors (Lipinski definition) is 2. The molecule has 0 aromatic carbocycles. The van der Waals surface area contributed by atoms with Gasteiger partial charge in [0.25, 0.3) is 0 Å². The van der Waals surface area contributed by atoms with Gasteiger partial charge in [-0.3, -0.25) is 4.79 Å². The molecule has 1 aliphatic heterocycles. The lowest BCUT2D eigenvalue weighted by Crippen LogP contribution is -2.63. The van der Waals surface area contributed by atoms with Gasteiger partial charge in [0.15, 0.2) is 0 Å². The van der Waals surface area contributed by atoms with Crippen molar-refractivity contribution in [3.8, 4) is 0 Å². The number of carbonyl (C=O) groups excluding carboxylic acids is 1. The van der Waals surface area contributed by atoms with Crippen LogP contribution in [0.4, 0.5) is 0 Å². The van der Waals surface area contributed by atoms with E-state index in [1.807, 2.05) is 0 Å². The van der Waals surface area contributed by atoms with Crippen LogP contribution >= 0.6 is 0 Å². The predicted octanol–water partition coefficient (Wildman–Crippen LogP) is 1.25. The van der Waals surface area contributed by atoms with Crippen LogP contribution in [0.25, 0.3) is 0 Å². The third kappa shape index (κ3) is 2.86. The highest BCUT2D eigenvalue weighted by atomic mass is 16.1. The molecule has 0 radical (unpaired) electrons. The van der Waals surface area contributed by atoms with Crippen molar-refractivity contribution < 1.29 is 4.79 Å². The molecule has 0 unspecified atom stereocenters. The summed E-state index contributed by atoms with van der Waals surface area (Å²) in [6, 6.07) is 1.06. The van der Waals surface area contributed by atoms with Crippen molar-refractivity contribution in [2.24, 2.45) is 5.73 Å². The number of nitrogens with two attached hydrogens (primary N) is 1. The van der Waals surface area contributed by atoms with Crippen LogP contribution in [0.5, 0.6) is 0 Å². The van der Waals surface area contributed by atoms with Gasteiger partial charge in [0, 0.05) is 25.2 Å². The Morgan fingerprint density at radius 1 is 1.28 bits per heavy atom. The highest BCUT2D eigenvalue weighted by Crippen LogP contribution is 2.27. The third-order valence-corrected chi connectivity index (χ3v) is 4.69. The zero-order valence-corrected chi connectivity index (χ0v) is 11.7. The smallest absolute Gasteiger partial charge is 0.237 e. The Kier molecular flexibility index (Phi) is 4.28. The van der Waals surface area contributed by atoms with Gasteiger partial charge >= 0.3 is 0 Å². The van der Waals surface area contributed by atoms with Crippen LogP contribution in [0.3, 0.4) is 0 Å². The summed E-state index contributed by atoms with van der Waals surface area (Å²) in [7, 11) is 0. The van der Waals surface area contributed by atoms with Crippen molar-refractivity contribution in [3.05, 3.63) is 0 Å². The van der Waals surface area contributed by atoms with Crippen LogP contribution in [0.15, 0.2) is 0 Å². The molecule has 1 saturated carbocycles. The number of nitrogens with one attached hydrogen (secondary N) is 1. The second kappa shape index (κ2) is 5.57. The van der Waals surface area contributed by atoms with Crippen molar-refractivity contribution in [2.45, 2.75) is 70.0 Å². The molecular weight excluding hydrogens is 226 g/mol. The molecule has 1 aliphatic carbocycles. The van der Waals surface area contributed by atoms with Crippen LogP contribution < -0.4 is 11.1 Å². The number of piperidine rings is 1. The summed E-state index contributed by atoms with van der Waals surface area (Å²) in [5.74, 6) is -0.155. The Morgan fingerprint density at radius 3 is 2.28 bits per heavy atom. The lowest BCUT2D eigenvalue weighted by molar-refractivity contribution is -0.127. The third-order valence-electron chi connectivity index (χ3n) is 4.69. The fourth-order valence-electron chi connectivity index (χ4n) is 3.34. The molecule has 4 nitrogen and oxygen atoms in total. The van der Waals surface area contributed by atoms with E-state index in [2.05, 4.69) is 24.1 Å². The summed E-state index contributed by atoms with van der Waals surface area (Å²) in [4.78, 5) is 14.3. The molecule has 0 aromatic rings. The number of carbonyl (C=O) groups is 1. The fraction of sp³-hybridized carbons (Fsp3) is 0.929. The van der Waals surface area contributed by atoms with E-state index < -0.39 is 5.54 Å². The van der Waals surface area contributed by atoms with E-state index in [9.17, 15) is 4.79 Å². The molecule has 1 amide bonds. The molecule has 1 saturated heterocycles. The molecule has 104 valence electrons. The number of likely N-dealkylation sites (tertiary alicyclic amines) is 1. The maximum atomic E-state index is 11.9. The fourth-order valence-corrected chi connectivity index (χ4v) is 3.34. The summed E-state index contributed by atoms with van der Waals surface area (Å²) in [6.45, 7) is 6.37. The molecule has 2 rings (SSSR count). The first kappa shape index (κ1) is 13.8. The first-order valence-corrected chi connectivity index (χ1v) is 7.35. The maximum absolute atomic E-state index is 11.9. The molecule has 2 fully saturated rings. The average molecular weight is 253 g/mol. The van der Waals surface area contributed by atoms with Crippen molar-refractivity contribution >= 4 is 5.91 Å². The second-order valence-corrected chi connectivity index (χ2v) is 6.20. The molecular formula is C14H27N3O. The quantitative estimate of drug-likeness (QED) is 0.792. The zero-order chi connectivity index (χ0) is 13.2. The van der Waals surface area contributed by atoms with Crippen LogP contribution in [0.2, 0.25) is 0 Å². The Labute approximate surface area is 110 Å². The average Bonchev–Trinajstić information content (AvgIpc) is 2.82. The normalized spacial score (nSPS) is 25.7. The van der Waals surface area contributed by atoms with Crippen molar-refractivity contribution in [2.75, 3.05) is 13.1 Å². The summed E-state index contributed by atoms with van der Waals surface area (Å²) >= 11 is 0. The van der Waals surface area contributed by atoms with Gasteiger partial charge < -0.3 is 16.0 Å². The lowest BCUT2D eigenvalue weighted by atomic mass is 9.85. The SMILES string of the molecule is CC(C)N1CCC(NC2CCCC2)(C(N)=O)CC1. The molecule has 3 N–H and O–H groups in total. The van der Waals surface area contributed by atoms with Gasteiger partial charge in [0.2, 0.25) is 5.91 Å². The number of nitrogens with zero attached hydrogens (tertiary/aromatic N) is 1. The molecule has 1 heterocycles. The number of amides is 1. The molecule has 4 heteroatoms. The van der Waals surface area contributed by atoms with E-state index >= 15 is 0 Å². The highest BCUT2D eigenvalue weighted by Gasteiger charge is 2.41. The van der Waals surface area contributed by atoms with Gasteiger partial charge in [0.05, 0.1) is 0 Å². The number of primary amides is 1. The van der Waals surface area contributed by atoms with Crippen LogP contribution in [-0.4, -0.2) is 41.5 Å². The standard InChI is InChI=1S/C14H27N3O/c1-11(2)17-9-7-14(8-10-17,13(15)18)16-12-5-3-4-6-12/h11-12,16H,3-10H2,1-2H3,(H2,15,18). The van der Waals surface area contributed by atoms with Crippen LogP contribution in [-0.2, 0) is 4.79 Å². The number of rotatable bonds is 4. The molecule has 0 atom stereocenters. The molecule has 18 heavy (non-hydrogen) atoms. The summed E-state index contributed by atoms with van der Waals surface area (Å²) in [5.41, 5.74) is 5.24.